The third-order valence-corrected chi connectivity index (χ3v) is 9.59. The second kappa shape index (κ2) is 11.9. The van der Waals surface area contributed by atoms with Gasteiger partial charge in [0.15, 0.2) is 23.6 Å². The number of benzene rings is 1. The Morgan fingerprint density at radius 3 is 2.44 bits per heavy atom. The average molecular weight is 635 g/mol. The quantitative estimate of drug-likeness (QED) is 0.142. The number of fused-ring (bicyclic) bond motifs is 2. The van der Waals surface area contributed by atoms with Crippen molar-refractivity contribution in [1.82, 2.24) is 19.5 Å². The highest BCUT2D eigenvalue weighted by Gasteiger charge is 2.80. The van der Waals surface area contributed by atoms with Crippen LogP contribution in [0.5, 0.6) is 0 Å². The van der Waals surface area contributed by atoms with Gasteiger partial charge in [-0.3, -0.25) is 4.57 Å². The van der Waals surface area contributed by atoms with Crippen molar-refractivity contribution in [2.45, 2.75) is 92.0 Å². The molecule has 3 aromatic rings. The van der Waals surface area contributed by atoms with Gasteiger partial charge in [-0.2, -0.15) is 4.98 Å². The van der Waals surface area contributed by atoms with Gasteiger partial charge in [-0.15, -0.1) is 11.8 Å². The molecular formula is C29H32ClFN4O7S. The zero-order chi connectivity index (χ0) is 30.4. The van der Waals surface area contributed by atoms with Gasteiger partial charge in [0.1, 0.15) is 22.8 Å². The topological polar surface area (TPSA) is 135 Å². The summed E-state index contributed by atoms with van der Waals surface area (Å²) >= 11 is 7.83. The Bertz CT molecular complexity index is 1490. The van der Waals surface area contributed by atoms with Crippen LogP contribution in [0, 0.1) is 0 Å². The Kier molecular flexibility index (Phi) is 8.37. The second-order valence-electron chi connectivity index (χ2n) is 10.9. The summed E-state index contributed by atoms with van der Waals surface area (Å²) in [5, 5.41) is 12.4. The first-order valence-electron chi connectivity index (χ1n) is 14.4. The highest BCUT2D eigenvalue weighted by Crippen LogP contribution is 2.58. The molecule has 1 aromatic carbocycles. The lowest BCUT2D eigenvalue weighted by molar-refractivity contribution is -0.201. The number of carbonyl (C=O) groups excluding carboxylic acids is 2. The van der Waals surface area contributed by atoms with Crippen molar-refractivity contribution in [2.75, 3.05) is 13.2 Å². The first-order valence-corrected chi connectivity index (χ1v) is 15.6. The lowest BCUT2D eigenvalue weighted by atomic mass is 9.93. The Morgan fingerprint density at radius 1 is 1.16 bits per heavy atom. The molecule has 1 saturated heterocycles. The van der Waals surface area contributed by atoms with Crippen molar-refractivity contribution in [2.24, 2.45) is 0 Å². The molecule has 3 aliphatic rings. The van der Waals surface area contributed by atoms with E-state index in [9.17, 15) is 14.7 Å². The summed E-state index contributed by atoms with van der Waals surface area (Å²) in [7, 11) is 0. The number of rotatable bonds is 11. The van der Waals surface area contributed by atoms with E-state index in [0.29, 0.717) is 21.4 Å². The van der Waals surface area contributed by atoms with Gasteiger partial charge >= 0.3 is 11.9 Å². The number of esters is 2. The van der Waals surface area contributed by atoms with E-state index in [0.717, 1.165) is 25.7 Å². The van der Waals surface area contributed by atoms with Gasteiger partial charge in [0.05, 0.1) is 19.5 Å². The number of imidazole rings is 1. The summed E-state index contributed by atoms with van der Waals surface area (Å²) in [6.07, 6.45) is -0.362. The molecule has 230 valence electrons. The van der Waals surface area contributed by atoms with Crippen LogP contribution in [0.2, 0.25) is 5.28 Å². The summed E-state index contributed by atoms with van der Waals surface area (Å²) in [6, 6.07) is 8.68. The second-order valence-corrected chi connectivity index (χ2v) is 12.5. The van der Waals surface area contributed by atoms with Crippen LogP contribution in [-0.4, -0.2) is 84.6 Å². The maximum atomic E-state index is 16.2. The van der Waals surface area contributed by atoms with Gasteiger partial charge in [-0.1, -0.05) is 43.2 Å². The average Bonchev–Trinajstić information content (AvgIpc) is 3.45. The van der Waals surface area contributed by atoms with Crippen LogP contribution in [0.1, 0.15) is 51.3 Å². The summed E-state index contributed by atoms with van der Waals surface area (Å²) in [4.78, 5) is 39.7. The molecule has 14 heteroatoms. The van der Waals surface area contributed by atoms with Crippen molar-refractivity contribution in [3.05, 3.63) is 47.5 Å². The number of thioether (sulfide) groups is 1. The zero-order valence-corrected chi connectivity index (χ0v) is 25.2. The first-order chi connectivity index (χ1) is 20.7. The number of hydrogen-bond donors (Lipinski definition) is 1. The molecule has 1 N–H and O–H groups in total. The number of nitrogens with zero attached hydrogens (tertiary/aromatic N) is 4. The van der Waals surface area contributed by atoms with Gasteiger partial charge in [0, 0.05) is 11.7 Å². The van der Waals surface area contributed by atoms with E-state index in [-0.39, 0.29) is 30.6 Å². The Morgan fingerprint density at radius 2 is 1.84 bits per heavy atom. The van der Waals surface area contributed by atoms with Gasteiger partial charge in [-0.05, 0) is 43.9 Å². The van der Waals surface area contributed by atoms with Crippen LogP contribution in [0.4, 0.5) is 4.39 Å². The summed E-state index contributed by atoms with van der Waals surface area (Å²) < 4.78 is 40.0. The standard InChI is InChI=1S/C29H32ClFN4O7S/c1-3-39-25(36)28(26(37)40-4-2,14-16-10-6-5-7-11-16)42-21-20-29(21,38)19(31)24(41-20)35-15-32-18-22(35)33-27(30)34-23(18)43-17-12-8-9-13-17/h5-7,10-11,15,17,19-21,24,38H,3-4,8-9,12-14H2,1-2H3/t19-,20-,21?,24-,29+/m1/s1. The first kappa shape index (κ1) is 30.2. The van der Waals surface area contributed by atoms with Crippen LogP contribution >= 0.6 is 23.4 Å². The number of halogens is 2. The SMILES string of the molecule is CCOC(=O)C(Cc1ccccc1)(OC1[C@H]2O[C@@H](n3cnc4c(SC5CCCC5)nc(Cl)nc43)[C@@H](F)[C@@]12O)C(=O)OCC. The van der Waals surface area contributed by atoms with Crippen LogP contribution < -0.4 is 0 Å². The lowest BCUT2D eigenvalue weighted by Gasteiger charge is -2.31. The monoisotopic (exact) mass is 634 g/mol. The number of hydrogen-bond acceptors (Lipinski definition) is 11. The van der Waals surface area contributed by atoms with Crippen molar-refractivity contribution >= 4 is 46.5 Å². The highest BCUT2D eigenvalue weighted by atomic mass is 35.5. The third-order valence-electron chi connectivity index (χ3n) is 8.11. The largest absolute Gasteiger partial charge is 0.463 e. The number of alkyl halides is 1. The van der Waals surface area contributed by atoms with Crippen molar-refractivity contribution in [3.63, 3.8) is 0 Å². The molecule has 0 radical (unpaired) electrons. The van der Waals surface area contributed by atoms with E-state index >= 15 is 4.39 Å². The molecule has 6 rings (SSSR count). The minimum atomic E-state index is -2.30. The van der Waals surface area contributed by atoms with Gasteiger partial charge in [0.25, 0.3) is 5.60 Å². The van der Waals surface area contributed by atoms with Crippen molar-refractivity contribution in [1.29, 1.82) is 0 Å². The highest BCUT2D eigenvalue weighted by molar-refractivity contribution is 8.00. The molecule has 11 nitrogen and oxygen atoms in total. The third kappa shape index (κ3) is 5.28. The molecule has 3 heterocycles. The van der Waals surface area contributed by atoms with Gasteiger partial charge < -0.3 is 24.1 Å². The van der Waals surface area contributed by atoms with Gasteiger partial charge in [0.2, 0.25) is 5.28 Å². The zero-order valence-electron chi connectivity index (χ0n) is 23.7. The molecule has 2 aliphatic carbocycles. The molecule has 5 atom stereocenters. The Hall–Kier alpha value is -2.84. The van der Waals surface area contributed by atoms with Crippen molar-refractivity contribution < 1.29 is 38.0 Å². The normalized spacial score (nSPS) is 26.9. The van der Waals surface area contributed by atoms with Crippen LogP contribution in [0.25, 0.3) is 11.2 Å². The van der Waals surface area contributed by atoms with Crippen LogP contribution in [0.15, 0.2) is 41.7 Å². The van der Waals surface area contributed by atoms with Crippen molar-refractivity contribution in [3.8, 4) is 0 Å². The fourth-order valence-corrected chi connectivity index (χ4v) is 7.39. The van der Waals surface area contributed by atoms with E-state index in [4.69, 9.17) is 30.5 Å². The van der Waals surface area contributed by atoms with E-state index in [1.54, 1.807) is 55.9 Å². The summed E-state index contributed by atoms with van der Waals surface area (Å²) in [6.45, 7) is 3.09. The van der Waals surface area contributed by atoms with Gasteiger partial charge in [-0.25, -0.2) is 23.9 Å². The molecule has 1 unspecified atom stereocenters. The molecular weight excluding hydrogens is 603 g/mol. The Balaban J connectivity index is 1.28. The van der Waals surface area contributed by atoms with E-state index in [2.05, 4.69) is 15.0 Å². The molecule has 2 aromatic heterocycles. The molecule has 0 amide bonds. The molecule has 0 bridgehead atoms. The number of carbonyl (C=O) groups is 2. The smallest absolute Gasteiger partial charge is 0.350 e. The van der Waals surface area contributed by atoms with Crippen LogP contribution in [0.3, 0.4) is 0 Å². The minimum absolute atomic E-state index is 0.0113. The molecule has 1 aliphatic heterocycles. The molecule has 43 heavy (non-hydrogen) atoms. The molecule has 3 fully saturated rings. The predicted molar refractivity (Wildman–Crippen MR) is 153 cm³/mol. The summed E-state index contributed by atoms with van der Waals surface area (Å²) in [5.74, 6) is -2.01. The number of aromatic nitrogens is 4. The van der Waals surface area contributed by atoms with E-state index < -0.39 is 47.7 Å². The minimum Gasteiger partial charge on any atom is -0.463 e. The van der Waals surface area contributed by atoms with E-state index in [1.807, 2.05) is 0 Å². The maximum absolute atomic E-state index is 16.2. The molecule has 0 spiro atoms. The fourth-order valence-electron chi connectivity index (χ4n) is 5.89. The number of aliphatic hydroxyl groups is 1. The Labute approximate surface area is 256 Å². The molecule has 2 saturated carbocycles. The van der Waals surface area contributed by atoms with Crippen LogP contribution in [-0.2, 0) is 35.0 Å². The lowest BCUT2D eigenvalue weighted by Crippen LogP contribution is -2.55. The fraction of sp³-hybridized carbons (Fsp3) is 0.552. The number of ether oxygens (including phenoxy) is 4. The predicted octanol–water partition coefficient (Wildman–Crippen LogP) is 3.99. The summed E-state index contributed by atoms with van der Waals surface area (Å²) in [5.41, 5.74) is -3.16. The van der Waals surface area contributed by atoms with E-state index in [1.165, 1.54) is 10.9 Å². The maximum Gasteiger partial charge on any atom is 0.350 e.